The zero-order valence-electron chi connectivity index (χ0n) is 14.3. The molecule has 0 aliphatic carbocycles. The lowest BCUT2D eigenvalue weighted by atomic mass is 10.1. The molecule has 0 bridgehead atoms. The van der Waals surface area contributed by atoms with Crippen molar-refractivity contribution in [2.45, 2.75) is 72.4 Å². The number of nitrogens with one attached hydrogen (secondary N) is 2. The van der Waals surface area contributed by atoms with Crippen LogP contribution in [0.3, 0.4) is 0 Å². The van der Waals surface area contributed by atoms with Crippen LogP contribution >= 0.6 is 35.3 Å². The van der Waals surface area contributed by atoms with Crippen LogP contribution in [0.4, 0.5) is 0 Å². The standard InChI is InChI=1S/C16H30N4S.HI/c1-5-8-9-10-13(4)19-16(17-7-3)18-11-14-12-21-15(6-2)20-14;/h12-13H,5-11H2,1-4H3,(H2,17,18,19);1H. The van der Waals surface area contributed by atoms with Gasteiger partial charge in [0.1, 0.15) is 0 Å². The molecule has 0 aromatic carbocycles. The molecule has 1 rings (SSSR count). The number of halogens is 1. The number of thiazole rings is 1. The topological polar surface area (TPSA) is 49.3 Å². The molecule has 0 saturated heterocycles. The average Bonchev–Trinajstić information content (AvgIpc) is 2.93. The van der Waals surface area contributed by atoms with Crippen LogP contribution in [-0.2, 0) is 13.0 Å². The van der Waals surface area contributed by atoms with Gasteiger partial charge >= 0.3 is 0 Å². The van der Waals surface area contributed by atoms with E-state index in [4.69, 9.17) is 0 Å². The Morgan fingerprint density at radius 1 is 1.32 bits per heavy atom. The quantitative estimate of drug-likeness (QED) is 0.261. The first-order valence-corrected chi connectivity index (χ1v) is 9.05. The molecule has 0 saturated carbocycles. The summed E-state index contributed by atoms with van der Waals surface area (Å²) in [5, 5.41) is 10.1. The second-order valence-corrected chi connectivity index (χ2v) is 6.27. The first-order valence-electron chi connectivity index (χ1n) is 8.17. The summed E-state index contributed by atoms with van der Waals surface area (Å²) in [6.07, 6.45) is 6.04. The molecule has 0 fully saturated rings. The molecule has 1 heterocycles. The second kappa shape index (κ2) is 13.1. The van der Waals surface area contributed by atoms with Crippen molar-refractivity contribution in [3.8, 4) is 0 Å². The second-order valence-electron chi connectivity index (χ2n) is 5.32. The van der Waals surface area contributed by atoms with E-state index in [0.29, 0.717) is 12.6 Å². The fourth-order valence-corrected chi connectivity index (χ4v) is 2.81. The number of guanidine groups is 1. The summed E-state index contributed by atoms with van der Waals surface area (Å²) in [7, 11) is 0. The number of rotatable bonds is 9. The highest BCUT2D eigenvalue weighted by Crippen LogP contribution is 2.11. The summed E-state index contributed by atoms with van der Waals surface area (Å²) in [4.78, 5) is 9.19. The van der Waals surface area contributed by atoms with E-state index in [-0.39, 0.29) is 24.0 Å². The summed E-state index contributed by atoms with van der Waals surface area (Å²) < 4.78 is 0. The van der Waals surface area contributed by atoms with Gasteiger partial charge in [0.15, 0.2) is 5.96 Å². The molecule has 0 radical (unpaired) electrons. The highest BCUT2D eigenvalue weighted by atomic mass is 127. The Labute approximate surface area is 156 Å². The summed E-state index contributed by atoms with van der Waals surface area (Å²) in [5.41, 5.74) is 1.06. The molecular weight excluding hydrogens is 407 g/mol. The SMILES string of the molecule is CCCCCC(C)NC(=NCc1csc(CC)n1)NCC.I. The Hall–Kier alpha value is -0.370. The molecule has 1 aromatic rings. The number of unbranched alkanes of at least 4 members (excludes halogenated alkanes) is 2. The van der Waals surface area contributed by atoms with Gasteiger partial charge in [-0.15, -0.1) is 35.3 Å². The van der Waals surface area contributed by atoms with E-state index < -0.39 is 0 Å². The van der Waals surface area contributed by atoms with Crippen molar-refractivity contribution in [2.24, 2.45) is 4.99 Å². The molecule has 0 spiro atoms. The Kier molecular flexibility index (Phi) is 12.9. The molecular formula is C16H31IN4S. The summed E-state index contributed by atoms with van der Waals surface area (Å²) >= 11 is 1.72. The lowest BCUT2D eigenvalue weighted by Gasteiger charge is -2.17. The van der Waals surface area contributed by atoms with Gasteiger partial charge in [0.25, 0.3) is 0 Å². The largest absolute Gasteiger partial charge is 0.357 e. The van der Waals surface area contributed by atoms with E-state index in [9.17, 15) is 0 Å². The maximum atomic E-state index is 4.64. The van der Waals surface area contributed by atoms with E-state index >= 15 is 0 Å². The fraction of sp³-hybridized carbons (Fsp3) is 0.750. The molecule has 6 heteroatoms. The van der Waals surface area contributed by atoms with Crippen LogP contribution < -0.4 is 10.6 Å². The van der Waals surface area contributed by atoms with Gasteiger partial charge < -0.3 is 10.6 Å². The van der Waals surface area contributed by atoms with Crippen molar-refractivity contribution in [2.75, 3.05) is 6.54 Å². The van der Waals surface area contributed by atoms with Gasteiger partial charge in [0, 0.05) is 18.0 Å². The van der Waals surface area contributed by atoms with Crippen molar-refractivity contribution in [3.63, 3.8) is 0 Å². The van der Waals surface area contributed by atoms with Crippen LogP contribution in [0.25, 0.3) is 0 Å². The molecule has 0 aliphatic heterocycles. The zero-order chi connectivity index (χ0) is 15.5. The van der Waals surface area contributed by atoms with Crippen molar-refractivity contribution < 1.29 is 0 Å². The monoisotopic (exact) mass is 438 g/mol. The number of aromatic nitrogens is 1. The maximum Gasteiger partial charge on any atom is 0.191 e. The van der Waals surface area contributed by atoms with Gasteiger partial charge in [-0.05, 0) is 26.7 Å². The van der Waals surface area contributed by atoms with E-state index in [1.165, 1.54) is 30.7 Å². The van der Waals surface area contributed by atoms with E-state index in [1.54, 1.807) is 11.3 Å². The lowest BCUT2D eigenvalue weighted by molar-refractivity contribution is 0.546. The smallest absolute Gasteiger partial charge is 0.191 e. The molecule has 0 aliphatic rings. The Balaban J connectivity index is 0.00000441. The van der Waals surface area contributed by atoms with Crippen molar-refractivity contribution in [1.82, 2.24) is 15.6 Å². The number of hydrogen-bond donors (Lipinski definition) is 2. The van der Waals surface area contributed by atoms with Gasteiger partial charge in [-0.1, -0.05) is 33.1 Å². The van der Waals surface area contributed by atoms with E-state index in [1.807, 2.05) is 0 Å². The average molecular weight is 438 g/mol. The molecule has 1 unspecified atom stereocenters. The third-order valence-corrected chi connectivity index (χ3v) is 4.31. The van der Waals surface area contributed by atoms with Gasteiger partial charge in [-0.2, -0.15) is 0 Å². The highest BCUT2D eigenvalue weighted by molar-refractivity contribution is 14.0. The van der Waals surface area contributed by atoms with Crippen LogP contribution in [0.15, 0.2) is 10.4 Å². The Morgan fingerprint density at radius 2 is 2.09 bits per heavy atom. The van der Waals surface area contributed by atoms with Crippen molar-refractivity contribution in [1.29, 1.82) is 0 Å². The van der Waals surface area contributed by atoms with E-state index in [0.717, 1.165) is 24.6 Å². The summed E-state index contributed by atoms with van der Waals surface area (Å²) in [6, 6.07) is 0.455. The minimum absolute atomic E-state index is 0. The Bertz CT molecular complexity index is 420. The van der Waals surface area contributed by atoms with Gasteiger partial charge in [0.2, 0.25) is 0 Å². The molecule has 2 N–H and O–H groups in total. The minimum atomic E-state index is 0. The molecule has 1 atom stereocenters. The fourth-order valence-electron chi connectivity index (χ4n) is 2.07. The molecule has 4 nitrogen and oxygen atoms in total. The van der Waals surface area contributed by atoms with Crippen molar-refractivity contribution >= 4 is 41.3 Å². The summed E-state index contributed by atoms with van der Waals surface area (Å²) in [6.45, 7) is 10.2. The van der Waals surface area contributed by atoms with Crippen LogP contribution in [-0.4, -0.2) is 23.5 Å². The third kappa shape index (κ3) is 8.92. The highest BCUT2D eigenvalue weighted by Gasteiger charge is 2.05. The van der Waals surface area contributed by atoms with Gasteiger partial charge in [0.05, 0.1) is 17.2 Å². The first-order chi connectivity index (χ1) is 10.2. The van der Waals surface area contributed by atoms with Crippen LogP contribution in [0.5, 0.6) is 0 Å². The minimum Gasteiger partial charge on any atom is -0.357 e. The number of hydrogen-bond acceptors (Lipinski definition) is 3. The number of aryl methyl sites for hydroxylation is 1. The van der Waals surface area contributed by atoms with Crippen LogP contribution in [0.2, 0.25) is 0 Å². The van der Waals surface area contributed by atoms with E-state index in [2.05, 4.69) is 53.7 Å². The number of aliphatic imine (C=N–C) groups is 1. The van der Waals surface area contributed by atoms with Crippen molar-refractivity contribution in [3.05, 3.63) is 16.1 Å². The molecule has 128 valence electrons. The van der Waals surface area contributed by atoms with Gasteiger partial charge in [-0.25, -0.2) is 9.98 Å². The predicted molar refractivity (Wildman–Crippen MR) is 108 cm³/mol. The van der Waals surface area contributed by atoms with Crippen LogP contribution in [0.1, 0.15) is 64.1 Å². The summed E-state index contributed by atoms with van der Waals surface area (Å²) in [5.74, 6) is 0.896. The zero-order valence-corrected chi connectivity index (χ0v) is 17.5. The molecule has 1 aromatic heterocycles. The Morgan fingerprint density at radius 3 is 2.68 bits per heavy atom. The van der Waals surface area contributed by atoms with Gasteiger partial charge in [-0.3, -0.25) is 0 Å². The first kappa shape index (κ1) is 21.6. The lowest BCUT2D eigenvalue weighted by Crippen LogP contribution is -2.42. The maximum absolute atomic E-state index is 4.64. The third-order valence-electron chi connectivity index (χ3n) is 3.27. The number of nitrogens with zero attached hydrogens (tertiary/aromatic N) is 2. The molecule has 0 amide bonds. The predicted octanol–water partition coefficient (Wildman–Crippen LogP) is 4.35. The van der Waals surface area contributed by atoms with Crippen LogP contribution in [0, 0.1) is 0 Å². The normalized spacial score (nSPS) is 12.6. The molecule has 22 heavy (non-hydrogen) atoms.